The molecular weight excluding hydrogens is 288 g/mol. The third kappa shape index (κ3) is 1.36. The van der Waals surface area contributed by atoms with Crippen LogP contribution in [-0.2, 0) is 14.3 Å². The van der Waals surface area contributed by atoms with Crippen LogP contribution in [-0.4, -0.2) is 24.3 Å². The van der Waals surface area contributed by atoms with Crippen molar-refractivity contribution in [2.24, 2.45) is 16.7 Å². The van der Waals surface area contributed by atoms with E-state index in [0.29, 0.717) is 6.61 Å². The number of ketones is 2. The monoisotopic (exact) mass is 306 g/mol. The fourth-order valence-electron chi connectivity index (χ4n) is 5.22. The molecule has 116 valence electrons. The topological polar surface area (TPSA) is 43.4 Å². The zero-order valence-corrected chi connectivity index (χ0v) is 13.3. The van der Waals surface area contributed by atoms with E-state index in [4.69, 9.17) is 4.74 Å². The van der Waals surface area contributed by atoms with Gasteiger partial charge in [-0.05, 0) is 29.0 Å². The molecule has 1 saturated heterocycles. The largest absolute Gasteiger partial charge is 0.372 e. The van der Waals surface area contributed by atoms with Crippen molar-refractivity contribution >= 4 is 17.1 Å². The van der Waals surface area contributed by atoms with Crippen molar-refractivity contribution in [3.63, 3.8) is 0 Å². The summed E-state index contributed by atoms with van der Waals surface area (Å²) in [7, 11) is 0. The van der Waals surface area contributed by atoms with E-state index in [1.54, 1.807) is 6.08 Å². The second kappa shape index (κ2) is 3.90. The van der Waals surface area contributed by atoms with Gasteiger partial charge in [0.2, 0.25) is 0 Å². The lowest BCUT2D eigenvalue weighted by Crippen LogP contribution is -2.41. The van der Waals surface area contributed by atoms with Gasteiger partial charge in [-0.2, -0.15) is 0 Å². The number of ether oxygens (including phenoxy) is 1. The summed E-state index contributed by atoms with van der Waals surface area (Å²) < 4.78 is 6.18. The van der Waals surface area contributed by atoms with Crippen molar-refractivity contribution in [2.75, 3.05) is 6.61 Å². The molecule has 1 unspecified atom stereocenters. The summed E-state index contributed by atoms with van der Waals surface area (Å²) in [5.74, 6) is -0.618. The molecular formula is C20H18O3. The molecule has 1 aromatic rings. The minimum Gasteiger partial charge on any atom is -0.372 e. The van der Waals surface area contributed by atoms with Crippen LogP contribution in [0, 0.1) is 16.7 Å². The highest BCUT2D eigenvalue weighted by Crippen LogP contribution is 2.68. The Hall–Kier alpha value is -2.00. The summed E-state index contributed by atoms with van der Waals surface area (Å²) in [4.78, 5) is 25.8. The molecule has 4 aliphatic rings. The van der Waals surface area contributed by atoms with Crippen LogP contribution in [0.1, 0.15) is 25.8 Å². The maximum absolute atomic E-state index is 13.2. The SMILES string of the molecule is CC1(C)CC2=CC(=O)[C@@H]3C(=O)C(c4ccccc4)=C4C1OC[C@]243. The summed E-state index contributed by atoms with van der Waals surface area (Å²) in [6.45, 7) is 4.81. The molecule has 1 aliphatic heterocycles. The lowest BCUT2D eigenvalue weighted by Gasteiger charge is -2.41. The van der Waals surface area contributed by atoms with Gasteiger partial charge in [0.15, 0.2) is 11.6 Å². The van der Waals surface area contributed by atoms with Gasteiger partial charge < -0.3 is 4.74 Å². The molecule has 0 radical (unpaired) electrons. The van der Waals surface area contributed by atoms with Crippen molar-refractivity contribution < 1.29 is 14.3 Å². The lowest BCUT2D eigenvalue weighted by atomic mass is 9.60. The molecule has 2 bridgehead atoms. The van der Waals surface area contributed by atoms with Gasteiger partial charge in [0.05, 0.1) is 18.1 Å². The second-order valence-corrected chi connectivity index (χ2v) is 7.85. The first-order chi connectivity index (χ1) is 11.0. The maximum Gasteiger partial charge on any atom is 0.175 e. The van der Waals surface area contributed by atoms with E-state index in [1.165, 1.54) is 0 Å². The predicted octanol–water partition coefficient (Wildman–Crippen LogP) is 2.96. The Morgan fingerprint density at radius 2 is 1.87 bits per heavy atom. The predicted molar refractivity (Wildman–Crippen MR) is 85.5 cm³/mol. The molecule has 3 atom stereocenters. The van der Waals surface area contributed by atoms with Gasteiger partial charge in [-0.3, -0.25) is 9.59 Å². The number of carbonyl (C=O) groups excluding carboxylic acids is 2. The highest BCUT2D eigenvalue weighted by atomic mass is 16.5. The molecule has 3 heteroatoms. The molecule has 5 rings (SSSR count). The highest BCUT2D eigenvalue weighted by molar-refractivity contribution is 6.34. The molecule has 0 N–H and O–H groups in total. The summed E-state index contributed by atoms with van der Waals surface area (Å²) in [5, 5.41) is 0. The summed E-state index contributed by atoms with van der Waals surface area (Å²) in [6, 6.07) is 9.76. The van der Waals surface area contributed by atoms with E-state index in [2.05, 4.69) is 13.8 Å². The lowest BCUT2D eigenvalue weighted by molar-refractivity contribution is -0.128. The van der Waals surface area contributed by atoms with Crippen LogP contribution in [0.25, 0.3) is 5.57 Å². The molecule has 2 fully saturated rings. The first kappa shape index (κ1) is 13.4. The minimum absolute atomic E-state index is 0.00606. The number of hydrogen-bond acceptors (Lipinski definition) is 3. The average Bonchev–Trinajstić information content (AvgIpc) is 3.06. The molecule has 0 amide bonds. The molecule has 1 aromatic carbocycles. The number of allylic oxidation sites excluding steroid dienone is 2. The normalized spacial score (nSPS) is 36.5. The van der Waals surface area contributed by atoms with Gasteiger partial charge in [0, 0.05) is 5.57 Å². The van der Waals surface area contributed by atoms with E-state index < -0.39 is 11.3 Å². The first-order valence-electron chi connectivity index (χ1n) is 8.17. The van der Waals surface area contributed by atoms with Crippen LogP contribution in [0.4, 0.5) is 0 Å². The van der Waals surface area contributed by atoms with Gasteiger partial charge in [0.1, 0.15) is 5.92 Å². The summed E-state index contributed by atoms with van der Waals surface area (Å²) in [5.41, 5.74) is 3.28. The van der Waals surface area contributed by atoms with Crippen molar-refractivity contribution in [1.29, 1.82) is 0 Å². The minimum atomic E-state index is -0.580. The maximum atomic E-state index is 13.2. The molecule has 3 nitrogen and oxygen atoms in total. The number of carbonyl (C=O) groups is 2. The number of rotatable bonds is 1. The fourth-order valence-corrected chi connectivity index (χ4v) is 5.22. The Kier molecular flexibility index (Phi) is 2.28. The second-order valence-electron chi connectivity index (χ2n) is 7.85. The zero-order chi connectivity index (χ0) is 16.0. The van der Waals surface area contributed by atoms with E-state index in [9.17, 15) is 9.59 Å². The fraction of sp³-hybridized carbons (Fsp3) is 0.400. The van der Waals surface area contributed by atoms with Crippen LogP contribution >= 0.6 is 0 Å². The van der Waals surface area contributed by atoms with Crippen molar-refractivity contribution in [3.8, 4) is 0 Å². The van der Waals surface area contributed by atoms with E-state index in [0.717, 1.165) is 28.7 Å². The number of hydrogen-bond donors (Lipinski definition) is 0. The highest BCUT2D eigenvalue weighted by Gasteiger charge is 2.70. The summed E-state index contributed by atoms with van der Waals surface area (Å²) in [6.07, 6.45) is 2.49. The molecule has 1 heterocycles. The van der Waals surface area contributed by atoms with Crippen molar-refractivity contribution in [2.45, 2.75) is 26.4 Å². The third-order valence-corrected chi connectivity index (χ3v) is 6.08. The molecule has 1 spiro atoms. The Bertz CT molecular complexity index is 828. The van der Waals surface area contributed by atoms with Crippen LogP contribution in [0.5, 0.6) is 0 Å². The quantitative estimate of drug-likeness (QED) is 0.749. The molecule has 1 saturated carbocycles. The Morgan fingerprint density at radius 1 is 1.13 bits per heavy atom. The Morgan fingerprint density at radius 3 is 2.61 bits per heavy atom. The Balaban J connectivity index is 1.86. The van der Waals surface area contributed by atoms with Crippen LogP contribution in [0.3, 0.4) is 0 Å². The Labute approximate surface area is 135 Å². The van der Waals surface area contributed by atoms with Crippen molar-refractivity contribution in [1.82, 2.24) is 0 Å². The van der Waals surface area contributed by atoms with Gasteiger partial charge in [-0.1, -0.05) is 49.8 Å². The average molecular weight is 306 g/mol. The van der Waals surface area contributed by atoms with Crippen LogP contribution in [0.2, 0.25) is 0 Å². The summed E-state index contributed by atoms with van der Waals surface area (Å²) >= 11 is 0. The van der Waals surface area contributed by atoms with Crippen LogP contribution in [0.15, 0.2) is 47.6 Å². The van der Waals surface area contributed by atoms with Gasteiger partial charge in [-0.15, -0.1) is 0 Å². The number of Topliss-reactive ketones (excluding diaryl/α,β-unsaturated/α-hetero) is 1. The molecule has 23 heavy (non-hydrogen) atoms. The smallest absolute Gasteiger partial charge is 0.175 e. The van der Waals surface area contributed by atoms with Crippen LogP contribution < -0.4 is 0 Å². The molecule has 0 aromatic heterocycles. The standard InChI is InChI=1S/C20H18O3/c1-19(2)9-12-8-13(21)15-17(22)14(11-6-4-3-5-7-11)16-18(19)23-10-20(12,15)16/h3-8,15,18H,9-10H2,1-2H3/t15-,18?,20-/m1/s1. The zero-order valence-electron chi connectivity index (χ0n) is 13.3. The van der Waals surface area contributed by atoms with E-state index >= 15 is 0 Å². The van der Waals surface area contributed by atoms with Gasteiger partial charge in [-0.25, -0.2) is 0 Å². The van der Waals surface area contributed by atoms with Gasteiger partial charge >= 0.3 is 0 Å². The van der Waals surface area contributed by atoms with Crippen molar-refractivity contribution in [3.05, 3.63) is 53.1 Å². The van der Waals surface area contributed by atoms with E-state index in [1.807, 2.05) is 30.3 Å². The first-order valence-corrected chi connectivity index (χ1v) is 8.17. The number of benzene rings is 1. The van der Waals surface area contributed by atoms with Gasteiger partial charge in [0.25, 0.3) is 0 Å². The molecule has 3 aliphatic carbocycles. The third-order valence-electron chi connectivity index (χ3n) is 6.08. The van der Waals surface area contributed by atoms with E-state index in [-0.39, 0.29) is 23.1 Å².